The van der Waals surface area contributed by atoms with E-state index in [0.29, 0.717) is 57.6 Å². The monoisotopic (exact) mass is 603 g/mol. The number of nitrogens with zero attached hydrogens (tertiary/aromatic N) is 5. The number of H-pyrrole nitrogens is 1. The van der Waals surface area contributed by atoms with Crippen LogP contribution in [0.25, 0.3) is 23.0 Å². The lowest BCUT2D eigenvalue weighted by molar-refractivity contribution is -0.117. The van der Waals surface area contributed by atoms with Crippen LogP contribution in [0.2, 0.25) is 5.02 Å². The average Bonchev–Trinajstić information content (AvgIpc) is 3.68. The number of hydrogen-bond donors (Lipinski definition) is 4. The van der Waals surface area contributed by atoms with Gasteiger partial charge in [-0.15, -0.1) is 5.10 Å². The molecule has 2 aromatic heterocycles. The highest BCUT2D eigenvalue weighted by molar-refractivity contribution is 6.30. The Bertz CT molecular complexity index is 1650. The molecular formula is C29H30ClN9O4. The quantitative estimate of drug-likeness (QED) is 0.233. The minimum absolute atomic E-state index is 0.107. The van der Waals surface area contributed by atoms with Gasteiger partial charge in [-0.25, -0.2) is 9.78 Å². The number of imidazole rings is 1. The van der Waals surface area contributed by atoms with E-state index in [-0.39, 0.29) is 17.7 Å². The first-order valence-corrected chi connectivity index (χ1v) is 14.0. The number of aromatic amines is 1. The number of halogens is 1. The lowest BCUT2D eigenvalue weighted by Crippen LogP contribution is -2.28. The summed E-state index contributed by atoms with van der Waals surface area (Å²) in [6.07, 6.45) is 8.05. The molecule has 0 aliphatic carbocycles. The normalized spacial score (nSPS) is 17.1. The topological polar surface area (TPSA) is 169 Å². The van der Waals surface area contributed by atoms with Gasteiger partial charge in [-0.2, -0.15) is 4.68 Å². The number of carbonyl (C=O) groups excluding carboxylic acids is 3. The zero-order valence-electron chi connectivity index (χ0n) is 23.5. The second kappa shape index (κ2) is 13.3. The van der Waals surface area contributed by atoms with Crippen LogP contribution in [-0.2, 0) is 14.3 Å². The Balaban J connectivity index is 1.41. The minimum atomic E-state index is -0.622. The molecule has 1 aliphatic heterocycles. The van der Waals surface area contributed by atoms with Crippen LogP contribution in [0.15, 0.2) is 55.0 Å². The lowest BCUT2D eigenvalue weighted by atomic mass is 9.98. The van der Waals surface area contributed by atoms with Crippen molar-refractivity contribution in [3.63, 3.8) is 0 Å². The highest BCUT2D eigenvalue weighted by Crippen LogP contribution is 2.32. The minimum Gasteiger partial charge on any atom is -0.453 e. The smallest absolute Gasteiger partial charge is 0.411 e. The molecule has 43 heavy (non-hydrogen) atoms. The molecule has 2 aromatic carbocycles. The summed E-state index contributed by atoms with van der Waals surface area (Å²) in [6.45, 7) is 2.02. The zero-order chi connectivity index (χ0) is 30.3. The van der Waals surface area contributed by atoms with Gasteiger partial charge in [-0.05, 0) is 65.2 Å². The largest absolute Gasteiger partial charge is 0.453 e. The molecular weight excluding hydrogens is 574 g/mol. The van der Waals surface area contributed by atoms with Crippen molar-refractivity contribution < 1.29 is 19.1 Å². The molecule has 222 valence electrons. The number of rotatable bonds is 5. The molecule has 4 N–H and O–H groups in total. The molecule has 4 aromatic rings. The van der Waals surface area contributed by atoms with Crippen LogP contribution in [-0.4, -0.2) is 55.2 Å². The van der Waals surface area contributed by atoms with E-state index in [1.807, 2.05) is 6.92 Å². The van der Waals surface area contributed by atoms with Crippen molar-refractivity contribution in [2.45, 2.75) is 38.6 Å². The fourth-order valence-corrected chi connectivity index (χ4v) is 5.05. The van der Waals surface area contributed by atoms with E-state index >= 15 is 0 Å². The highest BCUT2D eigenvalue weighted by atomic mass is 35.5. The van der Waals surface area contributed by atoms with E-state index in [1.165, 1.54) is 24.2 Å². The summed E-state index contributed by atoms with van der Waals surface area (Å²) >= 11 is 6.21. The molecule has 3 amide bonds. The van der Waals surface area contributed by atoms with Gasteiger partial charge < -0.3 is 20.4 Å². The predicted molar refractivity (Wildman–Crippen MR) is 160 cm³/mol. The van der Waals surface area contributed by atoms with Gasteiger partial charge in [0.1, 0.15) is 12.2 Å². The first kappa shape index (κ1) is 29.5. The summed E-state index contributed by atoms with van der Waals surface area (Å²) < 4.78 is 6.18. The fraction of sp³-hybridized carbons (Fsp3) is 0.276. The van der Waals surface area contributed by atoms with Crippen LogP contribution < -0.4 is 16.0 Å². The van der Waals surface area contributed by atoms with Crippen molar-refractivity contribution in [1.29, 1.82) is 0 Å². The molecule has 14 heteroatoms. The van der Waals surface area contributed by atoms with E-state index < -0.39 is 12.1 Å². The summed E-state index contributed by atoms with van der Waals surface area (Å²) in [4.78, 5) is 45.7. The van der Waals surface area contributed by atoms with Crippen molar-refractivity contribution in [2.75, 3.05) is 17.7 Å². The molecule has 2 atom stereocenters. The third-order valence-electron chi connectivity index (χ3n) is 6.98. The Morgan fingerprint density at radius 1 is 1.19 bits per heavy atom. The van der Waals surface area contributed by atoms with E-state index in [9.17, 15) is 14.4 Å². The van der Waals surface area contributed by atoms with Crippen molar-refractivity contribution >= 4 is 47.0 Å². The summed E-state index contributed by atoms with van der Waals surface area (Å²) in [7, 11) is 1.28. The first-order valence-electron chi connectivity index (χ1n) is 13.6. The molecule has 0 fully saturated rings. The molecule has 5 rings (SSSR count). The molecule has 13 nitrogen and oxygen atoms in total. The van der Waals surface area contributed by atoms with Gasteiger partial charge in [0.05, 0.1) is 36.4 Å². The maximum absolute atomic E-state index is 13.2. The Labute approximate surface area is 252 Å². The van der Waals surface area contributed by atoms with Crippen LogP contribution in [0.1, 0.15) is 50.0 Å². The highest BCUT2D eigenvalue weighted by Gasteiger charge is 2.21. The number of aromatic nitrogens is 6. The Morgan fingerprint density at radius 2 is 2.05 bits per heavy atom. The lowest BCUT2D eigenvalue weighted by Gasteiger charge is -2.17. The van der Waals surface area contributed by atoms with E-state index in [2.05, 4.69) is 46.2 Å². The molecule has 0 saturated carbocycles. The van der Waals surface area contributed by atoms with Gasteiger partial charge >= 0.3 is 6.09 Å². The number of carbonyl (C=O) groups is 3. The zero-order valence-corrected chi connectivity index (χ0v) is 24.3. The summed E-state index contributed by atoms with van der Waals surface area (Å²) in [5.41, 5.74) is 3.61. The number of hydrogen-bond acceptors (Lipinski definition) is 8. The third kappa shape index (κ3) is 7.43. The number of tetrazole rings is 1. The number of anilines is 2. The average molecular weight is 604 g/mol. The Hall–Kier alpha value is -5.04. The van der Waals surface area contributed by atoms with Crippen molar-refractivity contribution in [3.8, 4) is 16.9 Å². The number of fused-ring (bicyclic) bond motifs is 4. The third-order valence-corrected chi connectivity index (χ3v) is 7.22. The van der Waals surface area contributed by atoms with Crippen LogP contribution in [0.4, 0.5) is 16.2 Å². The van der Waals surface area contributed by atoms with Gasteiger partial charge in [0, 0.05) is 34.3 Å². The Morgan fingerprint density at radius 3 is 2.84 bits per heavy atom. The van der Waals surface area contributed by atoms with E-state index in [0.717, 1.165) is 12.8 Å². The van der Waals surface area contributed by atoms with Crippen LogP contribution >= 0.6 is 11.6 Å². The molecule has 0 radical (unpaired) electrons. The second-order valence-corrected chi connectivity index (χ2v) is 10.6. The maximum atomic E-state index is 13.2. The summed E-state index contributed by atoms with van der Waals surface area (Å²) in [6, 6.07) is 9.93. The van der Waals surface area contributed by atoms with Crippen LogP contribution in [0.5, 0.6) is 0 Å². The molecule has 1 aliphatic rings. The summed E-state index contributed by atoms with van der Waals surface area (Å²) in [5, 5.41) is 20.4. The second-order valence-electron chi connectivity index (χ2n) is 10.2. The Kier molecular flexibility index (Phi) is 9.11. The molecule has 0 unspecified atom stereocenters. The van der Waals surface area contributed by atoms with Crippen LogP contribution in [0.3, 0.4) is 0 Å². The SMILES string of the molecule is COC(=O)Nc1ccc2c(c1)NC(=O)C[C@H](C)CCC[C@H](NC(=O)/C=C/c1cc(Cl)ccc1-n1cnnn1)c1ncc-2[nH]1. The standard InChI is InChI=1S/C29H30ClN9O4/c1-17-4-3-5-22(34-26(40)11-6-18-13-19(30)7-10-25(18)39-16-32-37-38-39)28-31-15-24(36-28)21-9-8-20(33-29(42)43-2)14-23(21)35-27(41)12-17/h6-11,13-17,22H,3-5,12H2,1-2H3,(H,31,36)(H,33,42)(H,34,40)(H,35,41)/b11-6+/t17-,22+/m1/s1. The number of amides is 3. The number of nitrogens with one attached hydrogen (secondary N) is 4. The number of ether oxygens (including phenoxy) is 1. The number of benzene rings is 2. The van der Waals surface area contributed by atoms with Gasteiger partial charge in [0.2, 0.25) is 11.8 Å². The fourth-order valence-electron chi connectivity index (χ4n) is 4.87. The van der Waals surface area contributed by atoms with Crippen molar-refractivity contribution in [3.05, 3.63) is 71.4 Å². The van der Waals surface area contributed by atoms with Gasteiger partial charge in [-0.1, -0.05) is 31.4 Å². The van der Waals surface area contributed by atoms with Gasteiger partial charge in [-0.3, -0.25) is 14.9 Å². The number of methoxy groups -OCH3 is 1. The van der Waals surface area contributed by atoms with E-state index in [4.69, 9.17) is 11.6 Å². The van der Waals surface area contributed by atoms with E-state index in [1.54, 1.807) is 48.7 Å². The first-order chi connectivity index (χ1) is 20.8. The van der Waals surface area contributed by atoms with Crippen molar-refractivity contribution in [2.24, 2.45) is 5.92 Å². The molecule has 3 heterocycles. The predicted octanol–water partition coefficient (Wildman–Crippen LogP) is 4.90. The van der Waals surface area contributed by atoms with Gasteiger partial charge in [0.25, 0.3) is 0 Å². The molecule has 2 bridgehead atoms. The maximum Gasteiger partial charge on any atom is 0.411 e. The van der Waals surface area contributed by atoms with Gasteiger partial charge in [0.15, 0.2) is 0 Å². The van der Waals surface area contributed by atoms with Crippen molar-refractivity contribution in [1.82, 2.24) is 35.5 Å². The molecule has 0 spiro atoms. The van der Waals surface area contributed by atoms with Crippen LogP contribution in [0, 0.1) is 5.92 Å². The molecule has 0 saturated heterocycles. The summed E-state index contributed by atoms with van der Waals surface area (Å²) in [5.74, 6) is 0.226.